The molecular formula is C12H13NO5. The number of carbonyl (C=O) groups is 3. The minimum absolute atomic E-state index is 0.0502. The monoisotopic (exact) mass is 251 g/mol. The SMILES string of the molecule is O=C(O)CCCC(=O)Nc1ccc(C(=O)O)cc1. The lowest BCUT2D eigenvalue weighted by Crippen LogP contribution is -2.12. The smallest absolute Gasteiger partial charge is 0.335 e. The zero-order valence-corrected chi connectivity index (χ0v) is 9.55. The number of amides is 1. The van der Waals surface area contributed by atoms with Crippen molar-refractivity contribution in [3.05, 3.63) is 29.8 Å². The highest BCUT2D eigenvalue weighted by Gasteiger charge is 2.06. The third kappa shape index (κ3) is 4.65. The lowest BCUT2D eigenvalue weighted by molar-refractivity contribution is -0.137. The van der Waals surface area contributed by atoms with Crippen molar-refractivity contribution < 1.29 is 24.6 Å². The van der Waals surface area contributed by atoms with E-state index < -0.39 is 11.9 Å². The zero-order valence-electron chi connectivity index (χ0n) is 9.55. The molecule has 0 spiro atoms. The van der Waals surface area contributed by atoms with Crippen molar-refractivity contribution in [2.75, 3.05) is 5.32 Å². The van der Waals surface area contributed by atoms with Crippen molar-refractivity contribution in [1.29, 1.82) is 0 Å². The average Bonchev–Trinajstić information content (AvgIpc) is 2.29. The first kappa shape index (κ1) is 13.7. The zero-order chi connectivity index (χ0) is 13.5. The van der Waals surface area contributed by atoms with Gasteiger partial charge in [0, 0.05) is 18.5 Å². The summed E-state index contributed by atoms with van der Waals surface area (Å²) < 4.78 is 0. The third-order valence-electron chi connectivity index (χ3n) is 2.21. The number of carboxylic acid groups (broad SMARTS) is 2. The average molecular weight is 251 g/mol. The molecule has 0 heterocycles. The van der Waals surface area contributed by atoms with Crippen LogP contribution in [0.2, 0.25) is 0 Å². The van der Waals surface area contributed by atoms with E-state index in [1.54, 1.807) is 0 Å². The number of nitrogens with one attached hydrogen (secondary N) is 1. The first-order valence-electron chi connectivity index (χ1n) is 5.34. The van der Waals surface area contributed by atoms with Crippen LogP contribution in [-0.2, 0) is 9.59 Å². The summed E-state index contributed by atoms with van der Waals surface area (Å²) in [5.74, 6) is -2.26. The maximum Gasteiger partial charge on any atom is 0.335 e. The molecule has 6 nitrogen and oxygen atoms in total. The molecular weight excluding hydrogens is 238 g/mol. The molecule has 1 aromatic carbocycles. The predicted molar refractivity (Wildman–Crippen MR) is 63.5 cm³/mol. The summed E-state index contributed by atoms with van der Waals surface area (Å²) in [6, 6.07) is 5.74. The molecule has 96 valence electrons. The van der Waals surface area contributed by atoms with Gasteiger partial charge in [0.15, 0.2) is 0 Å². The van der Waals surface area contributed by atoms with Crippen LogP contribution in [0.4, 0.5) is 5.69 Å². The maximum absolute atomic E-state index is 11.4. The van der Waals surface area contributed by atoms with Gasteiger partial charge in [-0.3, -0.25) is 9.59 Å². The van der Waals surface area contributed by atoms with E-state index in [1.807, 2.05) is 0 Å². The molecule has 0 saturated heterocycles. The quantitative estimate of drug-likeness (QED) is 0.712. The summed E-state index contributed by atoms with van der Waals surface area (Å²) in [7, 11) is 0. The molecule has 1 rings (SSSR count). The fourth-order valence-electron chi connectivity index (χ4n) is 1.32. The maximum atomic E-state index is 11.4. The van der Waals surface area contributed by atoms with Crippen LogP contribution >= 0.6 is 0 Å². The lowest BCUT2D eigenvalue weighted by Gasteiger charge is -2.04. The van der Waals surface area contributed by atoms with Gasteiger partial charge < -0.3 is 15.5 Å². The van der Waals surface area contributed by atoms with E-state index in [0.29, 0.717) is 5.69 Å². The van der Waals surface area contributed by atoms with Crippen LogP contribution in [0.1, 0.15) is 29.6 Å². The molecule has 6 heteroatoms. The molecule has 0 unspecified atom stereocenters. The summed E-state index contributed by atoms with van der Waals surface area (Å²) in [5.41, 5.74) is 0.624. The fraction of sp³-hybridized carbons (Fsp3) is 0.250. The van der Waals surface area contributed by atoms with Crippen molar-refractivity contribution in [1.82, 2.24) is 0 Å². The van der Waals surface area contributed by atoms with E-state index in [4.69, 9.17) is 10.2 Å². The predicted octanol–water partition coefficient (Wildman–Crippen LogP) is 1.58. The van der Waals surface area contributed by atoms with E-state index in [2.05, 4.69) is 5.32 Å². The van der Waals surface area contributed by atoms with Gasteiger partial charge in [0.25, 0.3) is 0 Å². The van der Waals surface area contributed by atoms with Crippen molar-refractivity contribution in [3.8, 4) is 0 Å². The molecule has 0 fully saturated rings. The lowest BCUT2D eigenvalue weighted by atomic mass is 10.2. The van der Waals surface area contributed by atoms with E-state index in [1.165, 1.54) is 24.3 Å². The van der Waals surface area contributed by atoms with Crippen molar-refractivity contribution in [2.24, 2.45) is 0 Å². The first-order valence-corrected chi connectivity index (χ1v) is 5.34. The van der Waals surface area contributed by atoms with Gasteiger partial charge in [0.2, 0.25) is 5.91 Å². The van der Waals surface area contributed by atoms with Crippen LogP contribution in [0, 0.1) is 0 Å². The summed E-state index contributed by atoms with van der Waals surface area (Å²) in [6.45, 7) is 0. The Labute approximate surface area is 103 Å². The Balaban J connectivity index is 2.44. The first-order chi connectivity index (χ1) is 8.49. The third-order valence-corrected chi connectivity index (χ3v) is 2.21. The van der Waals surface area contributed by atoms with E-state index in [9.17, 15) is 14.4 Å². The minimum Gasteiger partial charge on any atom is -0.481 e. The number of hydrogen-bond acceptors (Lipinski definition) is 3. The molecule has 3 N–H and O–H groups in total. The van der Waals surface area contributed by atoms with Crippen molar-refractivity contribution >= 4 is 23.5 Å². The van der Waals surface area contributed by atoms with Gasteiger partial charge in [-0.1, -0.05) is 0 Å². The number of carbonyl (C=O) groups excluding carboxylic acids is 1. The largest absolute Gasteiger partial charge is 0.481 e. The molecule has 0 aromatic heterocycles. The van der Waals surface area contributed by atoms with Gasteiger partial charge in [0.1, 0.15) is 0 Å². The highest BCUT2D eigenvalue weighted by molar-refractivity contribution is 5.92. The molecule has 0 bridgehead atoms. The molecule has 0 aliphatic carbocycles. The molecule has 0 atom stereocenters. The van der Waals surface area contributed by atoms with Gasteiger partial charge in [-0.15, -0.1) is 0 Å². The Kier molecular flexibility index (Phi) is 4.86. The molecule has 18 heavy (non-hydrogen) atoms. The van der Waals surface area contributed by atoms with Gasteiger partial charge in [0.05, 0.1) is 5.56 Å². The molecule has 0 radical (unpaired) electrons. The van der Waals surface area contributed by atoms with Gasteiger partial charge in [-0.2, -0.15) is 0 Å². The summed E-state index contributed by atoms with van der Waals surface area (Å²) in [6.07, 6.45) is 0.340. The van der Waals surface area contributed by atoms with Crippen molar-refractivity contribution in [2.45, 2.75) is 19.3 Å². The Hall–Kier alpha value is -2.37. The van der Waals surface area contributed by atoms with E-state index in [-0.39, 0.29) is 30.7 Å². The fourth-order valence-corrected chi connectivity index (χ4v) is 1.32. The number of aromatic carboxylic acids is 1. The van der Waals surface area contributed by atoms with Gasteiger partial charge in [-0.25, -0.2) is 4.79 Å². The van der Waals surface area contributed by atoms with Gasteiger partial charge >= 0.3 is 11.9 Å². The second kappa shape index (κ2) is 6.39. The number of carboxylic acids is 2. The van der Waals surface area contributed by atoms with Crippen LogP contribution in [0.5, 0.6) is 0 Å². The highest BCUT2D eigenvalue weighted by atomic mass is 16.4. The molecule has 0 aliphatic rings. The van der Waals surface area contributed by atoms with Crippen LogP contribution in [0.25, 0.3) is 0 Å². The number of hydrogen-bond donors (Lipinski definition) is 3. The van der Waals surface area contributed by atoms with Crippen molar-refractivity contribution in [3.63, 3.8) is 0 Å². The van der Waals surface area contributed by atoms with Crippen LogP contribution < -0.4 is 5.32 Å². The number of benzene rings is 1. The summed E-state index contributed by atoms with van der Waals surface area (Å²) in [5, 5.41) is 19.7. The van der Waals surface area contributed by atoms with E-state index >= 15 is 0 Å². The molecule has 0 aliphatic heterocycles. The van der Waals surface area contributed by atoms with E-state index in [0.717, 1.165) is 0 Å². The Bertz CT molecular complexity index is 452. The molecule has 1 amide bonds. The normalized spacial score (nSPS) is 9.78. The Morgan fingerprint density at radius 3 is 2.11 bits per heavy atom. The van der Waals surface area contributed by atoms with Crippen LogP contribution in [-0.4, -0.2) is 28.1 Å². The number of rotatable bonds is 6. The number of anilines is 1. The molecule has 1 aromatic rings. The highest BCUT2D eigenvalue weighted by Crippen LogP contribution is 2.10. The summed E-state index contributed by atoms with van der Waals surface area (Å²) in [4.78, 5) is 32.2. The van der Waals surface area contributed by atoms with Crippen LogP contribution in [0.3, 0.4) is 0 Å². The van der Waals surface area contributed by atoms with Gasteiger partial charge in [-0.05, 0) is 30.7 Å². The minimum atomic E-state index is -1.03. The molecule has 0 saturated carbocycles. The Morgan fingerprint density at radius 2 is 1.61 bits per heavy atom. The topological polar surface area (TPSA) is 104 Å². The number of aliphatic carboxylic acids is 1. The summed E-state index contributed by atoms with van der Waals surface area (Å²) >= 11 is 0. The second-order valence-electron chi connectivity index (χ2n) is 3.68. The standard InChI is InChI=1S/C12H13NO5/c14-10(2-1-3-11(15)16)13-9-6-4-8(5-7-9)12(17)18/h4-7H,1-3H2,(H,13,14)(H,15,16)(H,17,18). The second-order valence-corrected chi connectivity index (χ2v) is 3.68. The Morgan fingerprint density at radius 1 is 1.00 bits per heavy atom. The van der Waals surface area contributed by atoms with Crippen LogP contribution in [0.15, 0.2) is 24.3 Å².